The molecule has 0 aliphatic rings. The Bertz CT molecular complexity index is 83.7. The molecule has 62 valence electrons. The van der Waals surface area contributed by atoms with Crippen LogP contribution in [0.1, 0.15) is 40.0 Å². The van der Waals surface area contributed by atoms with Gasteiger partial charge in [-0.15, -0.1) is 0 Å². The van der Waals surface area contributed by atoms with Gasteiger partial charge in [0, 0.05) is 6.04 Å². The fourth-order valence-electron chi connectivity index (χ4n) is 0.857. The number of aliphatic hydroxyl groups is 1. The minimum atomic E-state index is -0.519. The summed E-state index contributed by atoms with van der Waals surface area (Å²) in [6, 6.07) is 0.266. The molecule has 0 aromatic heterocycles. The van der Waals surface area contributed by atoms with Gasteiger partial charge in [0.25, 0.3) is 0 Å². The predicted octanol–water partition coefficient (Wildman–Crippen LogP) is 1.27. The maximum Gasteiger partial charge on any atom is 0.0591 e. The second kappa shape index (κ2) is 3.94. The van der Waals surface area contributed by atoms with Crippen LogP contribution in [0.15, 0.2) is 0 Å². The highest BCUT2D eigenvalue weighted by atomic mass is 16.3. The Labute approximate surface area is 63.4 Å². The van der Waals surface area contributed by atoms with E-state index in [2.05, 4.69) is 0 Å². The van der Waals surface area contributed by atoms with E-state index in [9.17, 15) is 5.11 Å². The third kappa shape index (κ3) is 7.92. The van der Waals surface area contributed by atoms with Gasteiger partial charge in [-0.25, -0.2) is 0 Å². The highest BCUT2D eigenvalue weighted by molar-refractivity contribution is 4.65. The molecular weight excluding hydrogens is 126 g/mol. The van der Waals surface area contributed by atoms with Gasteiger partial charge < -0.3 is 10.8 Å². The van der Waals surface area contributed by atoms with Crippen molar-refractivity contribution in [1.82, 2.24) is 0 Å². The third-order valence-corrected chi connectivity index (χ3v) is 1.45. The lowest BCUT2D eigenvalue weighted by atomic mass is 10.0. The molecule has 0 radical (unpaired) electrons. The second-order valence-corrected chi connectivity index (χ2v) is 3.68. The van der Waals surface area contributed by atoms with E-state index in [1.807, 2.05) is 20.8 Å². The largest absolute Gasteiger partial charge is 0.390 e. The van der Waals surface area contributed by atoms with Gasteiger partial charge in [-0.3, -0.25) is 0 Å². The summed E-state index contributed by atoms with van der Waals surface area (Å²) in [6.07, 6.45) is 2.86. The maximum absolute atomic E-state index is 9.29. The van der Waals surface area contributed by atoms with Crippen LogP contribution < -0.4 is 5.73 Å². The minimum Gasteiger partial charge on any atom is -0.390 e. The molecule has 0 amide bonds. The van der Waals surface area contributed by atoms with Crippen molar-refractivity contribution in [3.63, 3.8) is 0 Å². The van der Waals surface area contributed by atoms with Crippen LogP contribution in [0.5, 0.6) is 0 Å². The summed E-state index contributed by atoms with van der Waals surface area (Å²) in [5.41, 5.74) is 5.02. The summed E-state index contributed by atoms with van der Waals surface area (Å²) in [5, 5.41) is 9.29. The summed E-state index contributed by atoms with van der Waals surface area (Å²) in [4.78, 5) is 0. The molecule has 0 saturated carbocycles. The van der Waals surface area contributed by atoms with Gasteiger partial charge in [-0.1, -0.05) is 0 Å². The number of hydrogen-bond donors (Lipinski definition) is 2. The Morgan fingerprint density at radius 1 is 1.50 bits per heavy atom. The Morgan fingerprint density at radius 3 is 2.30 bits per heavy atom. The molecule has 0 fully saturated rings. The molecule has 1 atom stereocenters. The van der Waals surface area contributed by atoms with Crippen LogP contribution in [0.3, 0.4) is 0 Å². The van der Waals surface area contributed by atoms with Crippen molar-refractivity contribution in [3.05, 3.63) is 0 Å². The summed E-state index contributed by atoms with van der Waals surface area (Å²) >= 11 is 0. The molecule has 0 aliphatic carbocycles. The Morgan fingerprint density at radius 2 is 2.00 bits per heavy atom. The van der Waals surface area contributed by atoms with E-state index in [0.29, 0.717) is 0 Å². The van der Waals surface area contributed by atoms with Crippen LogP contribution in [-0.2, 0) is 0 Å². The summed E-state index contributed by atoms with van der Waals surface area (Å²) in [6.45, 7) is 5.65. The van der Waals surface area contributed by atoms with Gasteiger partial charge in [0.05, 0.1) is 5.60 Å². The van der Waals surface area contributed by atoms with Crippen molar-refractivity contribution in [2.75, 3.05) is 0 Å². The second-order valence-electron chi connectivity index (χ2n) is 3.68. The molecule has 0 aromatic rings. The predicted molar refractivity (Wildman–Crippen MR) is 43.8 cm³/mol. The average molecular weight is 145 g/mol. The van der Waals surface area contributed by atoms with E-state index in [4.69, 9.17) is 5.73 Å². The number of rotatable bonds is 4. The molecule has 0 saturated heterocycles. The average Bonchev–Trinajstić information content (AvgIpc) is 1.59. The minimum absolute atomic E-state index is 0.266. The van der Waals surface area contributed by atoms with Gasteiger partial charge in [0.15, 0.2) is 0 Å². The van der Waals surface area contributed by atoms with Crippen LogP contribution in [0.2, 0.25) is 0 Å². The molecule has 0 unspecified atom stereocenters. The summed E-state index contributed by atoms with van der Waals surface area (Å²) in [5.74, 6) is 0. The topological polar surface area (TPSA) is 46.2 Å². The number of nitrogens with two attached hydrogens (primary N) is 1. The zero-order chi connectivity index (χ0) is 8.20. The van der Waals surface area contributed by atoms with Crippen molar-refractivity contribution in [3.8, 4) is 0 Å². The van der Waals surface area contributed by atoms with Gasteiger partial charge in [0.1, 0.15) is 0 Å². The van der Waals surface area contributed by atoms with Gasteiger partial charge in [0.2, 0.25) is 0 Å². The van der Waals surface area contributed by atoms with Crippen molar-refractivity contribution in [1.29, 1.82) is 0 Å². The molecule has 0 heterocycles. The van der Waals surface area contributed by atoms with Crippen LogP contribution in [0, 0.1) is 0 Å². The highest BCUT2D eigenvalue weighted by Crippen LogP contribution is 2.12. The molecule has 0 bridgehead atoms. The third-order valence-electron chi connectivity index (χ3n) is 1.45. The molecule has 3 N–H and O–H groups in total. The first-order valence-electron chi connectivity index (χ1n) is 3.90. The standard InChI is InChI=1S/C8H19NO/c1-7(9)5-4-6-8(2,3)10/h7,10H,4-6,9H2,1-3H3/t7-/m1/s1. The Balaban J connectivity index is 3.21. The lowest BCUT2D eigenvalue weighted by Crippen LogP contribution is -2.20. The highest BCUT2D eigenvalue weighted by Gasteiger charge is 2.11. The first-order valence-corrected chi connectivity index (χ1v) is 3.90. The molecular formula is C8H19NO. The zero-order valence-electron chi connectivity index (χ0n) is 7.22. The summed E-state index contributed by atoms with van der Waals surface area (Å²) in [7, 11) is 0. The molecule has 10 heavy (non-hydrogen) atoms. The van der Waals surface area contributed by atoms with E-state index in [1.54, 1.807) is 0 Å². The van der Waals surface area contributed by atoms with E-state index in [-0.39, 0.29) is 6.04 Å². The SMILES string of the molecule is C[C@@H](N)CCCC(C)(C)O. The lowest BCUT2D eigenvalue weighted by Gasteiger charge is -2.16. The molecule has 2 heteroatoms. The van der Waals surface area contributed by atoms with E-state index >= 15 is 0 Å². The molecule has 2 nitrogen and oxygen atoms in total. The van der Waals surface area contributed by atoms with Crippen molar-refractivity contribution in [2.45, 2.75) is 51.7 Å². The molecule has 0 aromatic carbocycles. The van der Waals surface area contributed by atoms with E-state index in [0.717, 1.165) is 19.3 Å². The van der Waals surface area contributed by atoms with Gasteiger partial charge in [-0.2, -0.15) is 0 Å². The zero-order valence-corrected chi connectivity index (χ0v) is 7.22. The Kier molecular flexibility index (Phi) is 3.91. The van der Waals surface area contributed by atoms with Crippen LogP contribution in [-0.4, -0.2) is 16.7 Å². The molecule has 0 spiro atoms. The maximum atomic E-state index is 9.29. The monoisotopic (exact) mass is 145 g/mol. The normalized spacial score (nSPS) is 15.3. The van der Waals surface area contributed by atoms with Gasteiger partial charge >= 0.3 is 0 Å². The first-order chi connectivity index (χ1) is 4.42. The first kappa shape index (κ1) is 9.92. The van der Waals surface area contributed by atoms with E-state index < -0.39 is 5.60 Å². The van der Waals surface area contributed by atoms with Gasteiger partial charge in [-0.05, 0) is 40.0 Å². The van der Waals surface area contributed by atoms with Crippen molar-refractivity contribution in [2.24, 2.45) is 5.73 Å². The van der Waals surface area contributed by atoms with Crippen LogP contribution in [0.25, 0.3) is 0 Å². The van der Waals surface area contributed by atoms with Crippen LogP contribution in [0.4, 0.5) is 0 Å². The smallest absolute Gasteiger partial charge is 0.0591 e. The lowest BCUT2D eigenvalue weighted by molar-refractivity contribution is 0.0678. The van der Waals surface area contributed by atoms with Crippen LogP contribution >= 0.6 is 0 Å². The Hall–Kier alpha value is -0.0800. The fourth-order valence-corrected chi connectivity index (χ4v) is 0.857. The quantitative estimate of drug-likeness (QED) is 0.626. The van der Waals surface area contributed by atoms with Crippen molar-refractivity contribution >= 4 is 0 Å². The molecule has 0 aliphatic heterocycles. The van der Waals surface area contributed by atoms with Crippen molar-refractivity contribution < 1.29 is 5.11 Å². The number of hydrogen-bond acceptors (Lipinski definition) is 2. The van der Waals surface area contributed by atoms with E-state index in [1.165, 1.54) is 0 Å². The molecule has 0 rings (SSSR count). The fraction of sp³-hybridized carbons (Fsp3) is 1.00. The summed E-state index contributed by atoms with van der Waals surface area (Å²) < 4.78 is 0.